The lowest BCUT2D eigenvalue weighted by atomic mass is 9.93. The molecule has 0 aliphatic rings. The molecule has 1 aromatic carbocycles. The van der Waals surface area contributed by atoms with E-state index in [4.69, 9.17) is 0 Å². The molecule has 2 aromatic rings. The number of aromatic nitrogens is 1. The standard InChI is InChI=1S/C19H27N3O2S2/c1-11(2)13-8-7-9-14(12(3)4)16(13)21-17(23)22-26-18-20-10-15(25-18)19(5,6)24/h7-12,24H,1-6H3,(H2,21,22,23). The molecule has 142 valence electrons. The van der Waals surface area contributed by atoms with Gasteiger partial charge < -0.3 is 10.4 Å². The molecule has 3 N–H and O–H groups in total. The summed E-state index contributed by atoms with van der Waals surface area (Å²) < 4.78 is 3.46. The average Bonchev–Trinajstić information content (AvgIpc) is 3.02. The van der Waals surface area contributed by atoms with Crippen LogP contribution in [0, 0.1) is 0 Å². The van der Waals surface area contributed by atoms with Crippen LogP contribution >= 0.6 is 23.3 Å². The molecule has 26 heavy (non-hydrogen) atoms. The van der Waals surface area contributed by atoms with Gasteiger partial charge in [-0.15, -0.1) is 11.3 Å². The molecular formula is C19H27N3O2S2. The molecule has 1 aromatic heterocycles. The summed E-state index contributed by atoms with van der Waals surface area (Å²) in [5, 5.41) is 13.0. The van der Waals surface area contributed by atoms with Crippen molar-refractivity contribution in [2.45, 2.75) is 63.3 Å². The zero-order chi connectivity index (χ0) is 19.5. The number of nitrogens with zero attached hydrogens (tertiary/aromatic N) is 1. The zero-order valence-corrected chi connectivity index (χ0v) is 17.7. The molecule has 1 heterocycles. The molecule has 0 radical (unpaired) electrons. The lowest BCUT2D eigenvalue weighted by Gasteiger charge is -2.20. The van der Waals surface area contributed by atoms with Crippen LogP contribution in [0.1, 0.15) is 69.4 Å². The van der Waals surface area contributed by atoms with Gasteiger partial charge in [-0.2, -0.15) is 0 Å². The summed E-state index contributed by atoms with van der Waals surface area (Å²) in [4.78, 5) is 17.4. The van der Waals surface area contributed by atoms with Gasteiger partial charge in [0, 0.05) is 23.8 Å². The van der Waals surface area contributed by atoms with Crippen molar-refractivity contribution in [1.82, 2.24) is 9.71 Å². The van der Waals surface area contributed by atoms with Crippen molar-refractivity contribution in [1.29, 1.82) is 0 Å². The van der Waals surface area contributed by atoms with Crippen LogP contribution in [0.5, 0.6) is 0 Å². The minimum Gasteiger partial charge on any atom is -0.385 e. The van der Waals surface area contributed by atoms with Crippen LogP contribution in [-0.4, -0.2) is 16.1 Å². The number of rotatable bonds is 6. The summed E-state index contributed by atoms with van der Waals surface area (Å²) in [7, 11) is 0. The Labute approximate surface area is 163 Å². The van der Waals surface area contributed by atoms with Gasteiger partial charge in [-0.3, -0.25) is 4.72 Å². The molecule has 7 heteroatoms. The highest BCUT2D eigenvalue weighted by Gasteiger charge is 2.20. The van der Waals surface area contributed by atoms with Crippen molar-refractivity contribution in [3.63, 3.8) is 0 Å². The number of hydrogen-bond acceptors (Lipinski definition) is 5. The highest BCUT2D eigenvalue weighted by Crippen LogP contribution is 2.33. The van der Waals surface area contributed by atoms with E-state index in [1.54, 1.807) is 20.0 Å². The maximum atomic E-state index is 12.4. The second kappa shape index (κ2) is 8.41. The number of para-hydroxylation sites is 1. The number of hydrogen-bond donors (Lipinski definition) is 3. The van der Waals surface area contributed by atoms with Gasteiger partial charge in [-0.1, -0.05) is 45.9 Å². The summed E-state index contributed by atoms with van der Waals surface area (Å²) >= 11 is 2.51. The van der Waals surface area contributed by atoms with E-state index in [2.05, 4.69) is 54.9 Å². The van der Waals surface area contributed by atoms with Crippen molar-refractivity contribution in [2.24, 2.45) is 0 Å². The number of carbonyl (C=O) groups is 1. The monoisotopic (exact) mass is 393 g/mol. The second-order valence-corrected chi connectivity index (χ2v) is 9.41. The fraction of sp³-hybridized carbons (Fsp3) is 0.474. The van der Waals surface area contributed by atoms with Crippen LogP contribution in [0.3, 0.4) is 0 Å². The van der Waals surface area contributed by atoms with Crippen LogP contribution in [0.2, 0.25) is 0 Å². The van der Waals surface area contributed by atoms with Gasteiger partial charge in [0.15, 0.2) is 4.34 Å². The number of urea groups is 1. The third-order valence-electron chi connectivity index (χ3n) is 3.93. The Morgan fingerprint density at radius 2 is 1.77 bits per heavy atom. The largest absolute Gasteiger partial charge is 0.385 e. The number of carbonyl (C=O) groups excluding carboxylic acids is 1. The predicted octanol–water partition coefficient (Wildman–Crippen LogP) is 5.45. The summed E-state index contributed by atoms with van der Waals surface area (Å²) in [5.74, 6) is 0.620. The Kier molecular flexibility index (Phi) is 6.71. The molecular weight excluding hydrogens is 366 g/mol. The minimum atomic E-state index is -0.929. The van der Waals surface area contributed by atoms with E-state index in [0.717, 1.165) is 33.6 Å². The Bertz CT molecular complexity index is 738. The van der Waals surface area contributed by atoms with Crippen LogP contribution < -0.4 is 10.0 Å². The smallest absolute Gasteiger partial charge is 0.329 e. The summed E-state index contributed by atoms with van der Waals surface area (Å²) in [6, 6.07) is 5.85. The van der Waals surface area contributed by atoms with E-state index in [9.17, 15) is 9.90 Å². The van der Waals surface area contributed by atoms with Crippen molar-refractivity contribution >= 4 is 35.0 Å². The van der Waals surface area contributed by atoms with Crippen molar-refractivity contribution < 1.29 is 9.90 Å². The summed E-state index contributed by atoms with van der Waals surface area (Å²) in [5.41, 5.74) is 2.19. The second-order valence-electron chi connectivity index (χ2n) is 7.33. The molecule has 0 aliphatic heterocycles. The molecule has 0 aliphatic carbocycles. The number of thiazole rings is 1. The molecule has 2 amide bonds. The molecule has 0 fully saturated rings. The normalized spacial score (nSPS) is 11.9. The van der Waals surface area contributed by atoms with E-state index >= 15 is 0 Å². The number of benzene rings is 1. The van der Waals surface area contributed by atoms with Gasteiger partial charge in [-0.25, -0.2) is 9.78 Å². The number of anilines is 1. The first-order valence-corrected chi connectivity index (χ1v) is 10.3. The van der Waals surface area contributed by atoms with E-state index < -0.39 is 5.60 Å². The number of nitrogens with one attached hydrogen (secondary N) is 2. The average molecular weight is 394 g/mol. The highest BCUT2D eigenvalue weighted by atomic mass is 32.2. The van der Waals surface area contributed by atoms with Gasteiger partial charge in [0.2, 0.25) is 0 Å². The Hall–Kier alpha value is -1.57. The number of aliphatic hydroxyl groups is 1. The first-order valence-electron chi connectivity index (χ1n) is 8.65. The SMILES string of the molecule is CC(C)c1cccc(C(C)C)c1NC(=O)NSc1ncc(C(C)(C)O)s1. The minimum absolute atomic E-state index is 0.287. The van der Waals surface area contributed by atoms with E-state index in [0.29, 0.717) is 16.2 Å². The molecule has 0 atom stereocenters. The fourth-order valence-corrected chi connectivity index (χ4v) is 4.06. The van der Waals surface area contributed by atoms with Crippen LogP contribution in [-0.2, 0) is 5.60 Å². The molecule has 0 saturated carbocycles. The predicted molar refractivity (Wildman–Crippen MR) is 110 cm³/mol. The van der Waals surface area contributed by atoms with E-state index in [1.807, 2.05) is 6.07 Å². The molecule has 0 spiro atoms. The van der Waals surface area contributed by atoms with Gasteiger partial charge in [-0.05, 0) is 36.8 Å². The van der Waals surface area contributed by atoms with E-state index in [-0.39, 0.29) is 6.03 Å². The van der Waals surface area contributed by atoms with Crippen LogP contribution in [0.25, 0.3) is 0 Å². The first kappa shape index (κ1) is 20.7. The number of amides is 2. The van der Waals surface area contributed by atoms with Crippen molar-refractivity contribution in [2.75, 3.05) is 5.32 Å². The first-order chi connectivity index (χ1) is 12.1. The van der Waals surface area contributed by atoms with Gasteiger partial charge in [0.1, 0.15) is 0 Å². The Morgan fingerprint density at radius 1 is 1.19 bits per heavy atom. The summed E-state index contributed by atoms with van der Waals surface area (Å²) in [6.07, 6.45) is 1.64. The fourth-order valence-electron chi connectivity index (χ4n) is 2.51. The van der Waals surface area contributed by atoms with Crippen molar-refractivity contribution in [3.8, 4) is 0 Å². The zero-order valence-electron chi connectivity index (χ0n) is 16.1. The Morgan fingerprint density at radius 3 is 2.23 bits per heavy atom. The maximum Gasteiger partial charge on any atom is 0.329 e. The summed E-state index contributed by atoms with van der Waals surface area (Å²) in [6.45, 7) is 11.9. The van der Waals surface area contributed by atoms with Gasteiger partial charge in [0.25, 0.3) is 0 Å². The van der Waals surface area contributed by atoms with Crippen molar-refractivity contribution in [3.05, 3.63) is 40.4 Å². The third-order valence-corrected chi connectivity index (χ3v) is 6.10. The molecule has 5 nitrogen and oxygen atoms in total. The van der Waals surface area contributed by atoms with Gasteiger partial charge >= 0.3 is 6.03 Å². The van der Waals surface area contributed by atoms with Crippen LogP contribution in [0.15, 0.2) is 28.7 Å². The lowest BCUT2D eigenvalue weighted by molar-refractivity contribution is 0.0823. The molecule has 0 unspecified atom stereocenters. The van der Waals surface area contributed by atoms with Crippen LogP contribution in [0.4, 0.5) is 10.5 Å². The van der Waals surface area contributed by atoms with Gasteiger partial charge in [0.05, 0.1) is 10.5 Å². The topological polar surface area (TPSA) is 74.2 Å². The maximum absolute atomic E-state index is 12.4. The highest BCUT2D eigenvalue weighted by molar-refractivity contribution is 7.99. The third kappa shape index (κ3) is 5.22. The molecule has 0 bridgehead atoms. The molecule has 2 rings (SSSR count). The quantitative estimate of drug-likeness (QED) is 0.571. The molecule has 0 saturated heterocycles. The van der Waals surface area contributed by atoms with E-state index in [1.165, 1.54) is 11.3 Å². The Balaban J connectivity index is 2.09. The lowest BCUT2D eigenvalue weighted by Crippen LogP contribution is -2.24.